The molecule has 7 heteroatoms. The Kier molecular flexibility index (Phi) is 542. The van der Waals surface area contributed by atoms with Crippen LogP contribution in [-0.2, 0) is 17.1 Å². The van der Waals surface area contributed by atoms with E-state index >= 15 is 0 Å². The molecule has 0 fully saturated rings. The van der Waals surface area contributed by atoms with Crippen molar-refractivity contribution in [2.45, 2.75) is 0 Å². The fourth-order valence-electron chi connectivity index (χ4n) is 0. The first kappa shape index (κ1) is 72.0. The second kappa shape index (κ2) is 52.7. The van der Waals surface area contributed by atoms with E-state index in [4.69, 9.17) is 0 Å². The summed E-state index contributed by atoms with van der Waals surface area (Å²) in [5.74, 6) is 0. The third-order valence-electron chi connectivity index (χ3n) is 0. The Hall–Kier alpha value is 3.79. The molecule has 0 heterocycles. The van der Waals surface area contributed by atoms with Gasteiger partial charge in [0.2, 0.25) is 0 Å². The van der Waals surface area contributed by atoms with Gasteiger partial charge in [-0.1, -0.05) is 0 Å². The largest absolute Gasteiger partial charge is 3.00 e. The van der Waals surface area contributed by atoms with Gasteiger partial charge in [-0.05, 0) is 0 Å². The van der Waals surface area contributed by atoms with Crippen molar-refractivity contribution in [3.05, 3.63) is 0 Å². The maximum atomic E-state index is 0. The zero-order chi connectivity index (χ0) is 0. The zero-order valence-corrected chi connectivity index (χ0v) is 14.9. The summed E-state index contributed by atoms with van der Waals surface area (Å²) in [4.78, 5) is 0. The summed E-state index contributed by atoms with van der Waals surface area (Å²) in [6.07, 6.45) is 0. The molecule has 49 valence electrons. The van der Waals surface area contributed by atoms with E-state index < -0.39 is 0 Å². The summed E-state index contributed by atoms with van der Waals surface area (Å²) >= 11 is 0. The first-order valence-corrected chi connectivity index (χ1v) is 0. The van der Waals surface area contributed by atoms with Crippen LogP contribution in [0.3, 0.4) is 0 Å². The van der Waals surface area contributed by atoms with Gasteiger partial charge in [0.25, 0.3) is 0 Å². The second-order valence-electron chi connectivity index (χ2n) is 0. The summed E-state index contributed by atoms with van der Waals surface area (Å²) < 4.78 is 0. The molecule has 0 amide bonds. The van der Waals surface area contributed by atoms with Gasteiger partial charge in [0.1, 0.15) is 0 Å². The minimum Gasteiger partial charge on any atom is -1.00 e. The Bertz CT molecular complexity index is 8.04. The molecule has 0 aromatic carbocycles. The molecule has 7 heavy (non-hydrogen) atoms. The minimum atomic E-state index is 0. The van der Waals surface area contributed by atoms with Crippen LogP contribution < -0.4 is 84.9 Å². The van der Waals surface area contributed by atoms with E-state index in [1.807, 2.05) is 0 Å². The predicted molar refractivity (Wildman–Crippen MR) is 5.75 cm³/mol. The van der Waals surface area contributed by atoms with Crippen LogP contribution in [0.2, 0.25) is 0 Å². The molecule has 0 rings (SSSR count). The van der Waals surface area contributed by atoms with E-state index in [0.29, 0.717) is 0 Å². The van der Waals surface area contributed by atoms with Crippen LogP contribution in [0.1, 0.15) is 0 Å². The van der Waals surface area contributed by atoms with Crippen molar-refractivity contribution in [1.29, 1.82) is 0 Å². The van der Waals surface area contributed by atoms with Crippen molar-refractivity contribution in [2.24, 2.45) is 0 Å². The second-order valence-corrected chi connectivity index (χ2v) is 0. The normalized spacial score (nSPS) is 0. The van der Waals surface area contributed by atoms with Crippen molar-refractivity contribution in [3.8, 4) is 0 Å². The van der Waals surface area contributed by atoms with Gasteiger partial charge in [-0.3, -0.25) is 0 Å². The van der Waals surface area contributed by atoms with E-state index in [-0.39, 0.29) is 128 Å². The predicted octanol–water partition coefficient (Wildman–Crippen LogP) is -15.4. The molecule has 0 bridgehead atoms. The van der Waals surface area contributed by atoms with Gasteiger partial charge in [-0.2, -0.15) is 0 Å². The maximum absolute atomic E-state index is 0. The van der Waals surface area contributed by atoms with Gasteiger partial charge < -0.3 is 84.9 Å². The molecule has 0 saturated heterocycles. The van der Waals surface area contributed by atoms with Crippen LogP contribution in [-0.4, -0.2) is 25.8 Å². The standard InChI is InChI=1S/5BrH.Cu.In/h5*1H;;/q;;;;;+2;+3/p-5. The summed E-state index contributed by atoms with van der Waals surface area (Å²) in [7, 11) is 0. The van der Waals surface area contributed by atoms with Crippen molar-refractivity contribution in [1.82, 2.24) is 0 Å². The summed E-state index contributed by atoms with van der Waals surface area (Å²) in [6, 6.07) is 0. The summed E-state index contributed by atoms with van der Waals surface area (Å²) in [5, 5.41) is 0. The zero-order valence-electron chi connectivity index (χ0n) is 2.77. The molecule has 0 spiro atoms. The summed E-state index contributed by atoms with van der Waals surface area (Å²) in [5.41, 5.74) is 0. The molecule has 0 aliphatic rings. The molecule has 0 aliphatic heterocycles. The topological polar surface area (TPSA) is 0 Å². The van der Waals surface area contributed by atoms with Gasteiger partial charge in [0.05, 0.1) is 0 Å². The molecule has 0 nitrogen and oxygen atoms in total. The van der Waals surface area contributed by atoms with E-state index in [1.165, 1.54) is 0 Å². The number of hydrogen-bond donors (Lipinski definition) is 0. The van der Waals surface area contributed by atoms with E-state index in [0.717, 1.165) is 0 Å². The summed E-state index contributed by atoms with van der Waals surface area (Å²) in [6.45, 7) is 0. The van der Waals surface area contributed by atoms with Gasteiger partial charge in [0, 0.05) is 0 Å². The van der Waals surface area contributed by atoms with Crippen molar-refractivity contribution in [2.75, 3.05) is 0 Å². The van der Waals surface area contributed by atoms with Crippen molar-refractivity contribution >= 4 is 25.8 Å². The van der Waals surface area contributed by atoms with Crippen LogP contribution in [0.25, 0.3) is 0 Å². The Labute approximate surface area is 125 Å². The van der Waals surface area contributed by atoms with Crippen LogP contribution >= 0.6 is 0 Å². The molecule has 0 N–H and O–H groups in total. The van der Waals surface area contributed by atoms with Gasteiger partial charge in [-0.15, -0.1) is 0 Å². The van der Waals surface area contributed by atoms with E-state index in [1.54, 1.807) is 0 Å². The monoisotopic (exact) mass is 572 g/mol. The van der Waals surface area contributed by atoms with E-state index in [2.05, 4.69) is 0 Å². The Balaban J connectivity index is 0. The molecular formula is Br5CuIn. The first-order chi connectivity index (χ1) is 0. The molecule has 1 radical (unpaired) electrons. The molecule has 0 aliphatic carbocycles. The smallest absolute Gasteiger partial charge is 1.00 e. The minimum absolute atomic E-state index is 0. The molecule has 0 atom stereocenters. The van der Waals surface area contributed by atoms with Crippen LogP contribution in [0.4, 0.5) is 0 Å². The van der Waals surface area contributed by atoms with Gasteiger partial charge >= 0.3 is 42.9 Å². The molecule has 0 unspecified atom stereocenters. The fraction of sp³-hybridized carbons (Fsp3) is 0. The van der Waals surface area contributed by atoms with Crippen LogP contribution in [0.15, 0.2) is 0 Å². The SMILES string of the molecule is [Br-].[Br-].[Br-].[Br-].[Br-].[Cu+2].[In+3]. The number of rotatable bonds is 0. The average Bonchev–Trinajstić information content (AvgIpc) is 0. The van der Waals surface area contributed by atoms with Crippen LogP contribution in [0.5, 0.6) is 0 Å². The number of hydrogen-bond acceptors (Lipinski definition) is 0. The third-order valence-corrected chi connectivity index (χ3v) is 0. The molecule has 0 aromatic rings. The Morgan fingerprint density at radius 1 is 0.429 bits per heavy atom. The van der Waals surface area contributed by atoms with Gasteiger partial charge in [0.15, 0.2) is 0 Å². The average molecular weight is 578 g/mol. The van der Waals surface area contributed by atoms with Crippen molar-refractivity contribution in [3.63, 3.8) is 0 Å². The first-order valence-electron chi connectivity index (χ1n) is 0. The van der Waals surface area contributed by atoms with Crippen molar-refractivity contribution < 1.29 is 102 Å². The molecular weight excluding hydrogens is 578 g/mol. The maximum Gasteiger partial charge on any atom is 3.00 e. The third kappa shape index (κ3) is 41.4. The fourth-order valence-corrected chi connectivity index (χ4v) is 0. The molecule has 0 saturated carbocycles. The van der Waals surface area contributed by atoms with E-state index in [9.17, 15) is 0 Å². The Morgan fingerprint density at radius 2 is 0.429 bits per heavy atom. The van der Waals surface area contributed by atoms with Crippen LogP contribution in [0, 0.1) is 0 Å². The molecule has 0 aromatic heterocycles. The Morgan fingerprint density at radius 3 is 0.429 bits per heavy atom. The number of halogens is 5. The van der Waals surface area contributed by atoms with Gasteiger partial charge in [-0.25, -0.2) is 0 Å². The quantitative estimate of drug-likeness (QED) is 0.251.